The van der Waals surface area contributed by atoms with E-state index in [0.29, 0.717) is 5.69 Å². The van der Waals surface area contributed by atoms with Gasteiger partial charge in [-0.1, -0.05) is 29.8 Å². The van der Waals surface area contributed by atoms with Crippen LogP contribution in [0.2, 0.25) is 0 Å². The lowest BCUT2D eigenvalue weighted by Gasteiger charge is -2.26. The van der Waals surface area contributed by atoms with E-state index in [-0.39, 0.29) is 34.9 Å². The average Bonchev–Trinajstić information content (AvgIpc) is 2.87. The molecule has 37 heavy (non-hydrogen) atoms. The van der Waals surface area contributed by atoms with E-state index in [2.05, 4.69) is 10.6 Å². The fourth-order valence-electron chi connectivity index (χ4n) is 3.57. The van der Waals surface area contributed by atoms with E-state index in [1.807, 2.05) is 19.1 Å². The number of nitrogens with zero attached hydrogens (tertiary/aromatic N) is 1. The number of anilines is 2. The lowest BCUT2D eigenvalue weighted by atomic mass is 10.1. The van der Waals surface area contributed by atoms with Crippen LogP contribution < -0.4 is 25.0 Å². The predicted octanol–water partition coefficient (Wildman–Crippen LogP) is 3.83. The van der Waals surface area contributed by atoms with E-state index in [4.69, 9.17) is 9.47 Å². The van der Waals surface area contributed by atoms with E-state index in [9.17, 15) is 23.6 Å². The van der Waals surface area contributed by atoms with Crippen molar-refractivity contribution >= 4 is 41.2 Å². The maximum atomic E-state index is 13.3. The van der Waals surface area contributed by atoms with Gasteiger partial charge < -0.3 is 14.8 Å². The molecule has 0 spiro atoms. The van der Waals surface area contributed by atoms with E-state index in [1.165, 1.54) is 25.3 Å². The first kappa shape index (κ1) is 25.1. The molecule has 0 bridgehead atoms. The SMILES string of the molecule is COc1cccc(/C=C2/C(=O)NC(=O)N(c3ccc(F)cc3)C2=O)c1OCC(=O)Nc1ccc(C)cc1. The number of urea groups is 1. The molecule has 1 aliphatic heterocycles. The normalized spacial score (nSPS) is 14.4. The number of para-hydroxylation sites is 1. The minimum Gasteiger partial charge on any atom is -0.493 e. The molecule has 4 rings (SSSR count). The van der Waals surface area contributed by atoms with Gasteiger partial charge in [0, 0.05) is 11.3 Å². The number of imide groups is 2. The topological polar surface area (TPSA) is 114 Å². The number of aryl methyl sites for hydroxylation is 1. The van der Waals surface area contributed by atoms with E-state index in [1.54, 1.807) is 30.3 Å². The summed E-state index contributed by atoms with van der Waals surface area (Å²) in [4.78, 5) is 51.3. The molecule has 2 N–H and O–H groups in total. The van der Waals surface area contributed by atoms with Crippen LogP contribution in [0.4, 0.5) is 20.6 Å². The fourth-order valence-corrected chi connectivity index (χ4v) is 3.57. The molecule has 1 fully saturated rings. The fraction of sp³-hybridized carbons (Fsp3) is 0.111. The van der Waals surface area contributed by atoms with E-state index < -0.39 is 29.6 Å². The number of halogens is 1. The number of barbiturate groups is 1. The molecule has 0 unspecified atom stereocenters. The second-order valence-electron chi connectivity index (χ2n) is 8.02. The smallest absolute Gasteiger partial charge is 0.335 e. The van der Waals surface area contributed by atoms with Crippen molar-refractivity contribution in [2.45, 2.75) is 6.92 Å². The van der Waals surface area contributed by atoms with Crippen molar-refractivity contribution in [3.63, 3.8) is 0 Å². The van der Waals surface area contributed by atoms with Crippen molar-refractivity contribution in [2.75, 3.05) is 23.9 Å². The Hall–Kier alpha value is -4.99. The zero-order valence-electron chi connectivity index (χ0n) is 19.9. The quantitative estimate of drug-likeness (QED) is 0.374. The van der Waals surface area contributed by atoms with Gasteiger partial charge in [0.1, 0.15) is 11.4 Å². The van der Waals surface area contributed by atoms with Crippen molar-refractivity contribution < 1.29 is 33.0 Å². The summed E-state index contributed by atoms with van der Waals surface area (Å²) in [6.45, 7) is 1.54. The number of methoxy groups -OCH3 is 1. The first-order chi connectivity index (χ1) is 17.8. The number of hydrogen-bond donors (Lipinski definition) is 2. The van der Waals surface area contributed by atoms with Gasteiger partial charge in [0.2, 0.25) is 0 Å². The van der Waals surface area contributed by atoms with Crippen LogP contribution in [0, 0.1) is 12.7 Å². The summed E-state index contributed by atoms with van der Waals surface area (Å²) in [6.07, 6.45) is 1.23. The lowest BCUT2D eigenvalue weighted by Crippen LogP contribution is -2.54. The largest absolute Gasteiger partial charge is 0.493 e. The Balaban J connectivity index is 1.61. The third-order valence-electron chi connectivity index (χ3n) is 5.40. The summed E-state index contributed by atoms with van der Waals surface area (Å²) in [7, 11) is 1.40. The number of carbonyl (C=O) groups is 4. The number of nitrogens with one attached hydrogen (secondary N) is 2. The van der Waals surface area contributed by atoms with E-state index >= 15 is 0 Å². The summed E-state index contributed by atoms with van der Waals surface area (Å²) in [5.74, 6) is -2.45. The zero-order chi connectivity index (χ0) is 26.5. The highest BCUT2D eigenvalue weighted by atomic mass is 19.1. The number of hydrogen-bond acceptors (Lipinski definition) is 6. The van der Waals surface area contributed by atoms with Crippen LogP contribution in [0.25, 0.3) is 6.08 Å². The maximum absolute atomic E-state index is 13.3. The van der Waals surface area contributed by atoms with Crippen molar-refractivity contribution in [3.8, 4) is 11.5 Å². The number of amides is 5. The van der Waals surface area contributed by atoms with Crippen molar-refractivity contribution in [1.82, 2.24) is 5.32 Å². The van der Waals surface area contributed by atoms with Crippen LogP contribution in [0.1, 0.15) is 11.1 Å². The van der Waals surface area contributed by atoms with Gasteiger partial charge in [-0.2, -0.15) is 0 Å². The minimum absolute atomic E-state index is 0.0807. The van der Waals surface area contributed by atoms with Crippen LogP contribution in [-0.2, 0) is 14.4 Å². The molecular weight excluding hydrogens is 481 g/mol. The minimum atomic E-state index is -0.964. The summed E-state index contributed by atoms with van der Waals surface area (Å²) in [5, 5.41) is 4.82. The van der Waals surface area contributed by atoms with Gasteiger partial charge in [0.25, 0.3) is 17.7 Å². The molecule has 3 aromatic rings. The third-order valence-corrected chi connectivity index (χ3v) is 5.40. The van der Waals surface area contributed by atoms with Gasteiger partial charge in [-0.3, -0.25) is 19.7 Å². The highest BCUT2D eigenvalue weighted by molar-refractivity contribution is 6.39. The van der Waals surface area contributed by atoms with Gasteiger partial charge in [-0.05, 0) is 55.5 Å². The van der Waals surface area contributed by atoms with Crippen LogP contribution in [0.5, 0.6) is 11.5 Å². The number of benzene rings is 3. The first-order valence-electron chi connectivity index (χ1n) is 11.1. The Bertz CT molecular complexity index is 1400. The Morgan fingerprint density at radius 3 is 2.41 bits per heavy atom. The third kappa shape index (κ3) is 5.64. The van der Waals surface area contributed by atoms with Crippen molar-refractivity contribution in [1.29, 1.82) is 0 Å². The number of ether oxygens (including phenoxy) is 2. The van der Waals surface area contributed by atoms with Crippen LogP contribution in [-0.4, -0.2) is 37.5 Å². The molecule has 3 aromatic carbocycles. The summed E-state index contributed by atoms with van der Waals surface area (Å²) in [6, 6.07) is 15.7. The van der Waals surface area contributed by atoms with Crippen LogP contribution in [0.15, 0.2) is 72.3 Å². The molecule has 10 heteroatoms. The van der Waals surface area contributed by atoms with Gasteiger partial charge >= 0.3 is 6.03 Å². The number of rotatable bonds is 7. The summed E-state index contributed by atoms with van der Waals surface area (Å²) < 4.78 is 24.4. The maximum Gasteiger partial charge on any atom is 0.335 e. The molecule has 0 atom stereocenters. The highest BCUT2D eigenvalue weighted by Gasteiger charge is 2.37. The molecular formula is C27H22FN3O6. The van der Waals surface area contributed by atoms with Gasteiger partial charge in [0.05, 0.1) is 12.8 Å². The second kappa shape index (κ2) is 10.7. The standard InChI is InChI=1S/C27H22FN3O6/c1-16-6-10-19(11-7-16)29-23(32)15-37-24-17(4-3-5-22(24)36-2)14-21-25(33)30-27(35)31(26(21)34)20-12-8-18(28)9-13-20/h3-14H,15H2,1-2H3,(H,29,32)(H,30,33,35)/b21-14-. The van der Waals surface area contributed by atoms with E-state index in [0.717, 1.165) is 22.6 Å². The Morgan fingerprint density at radius 2 is 1.73 bits per heavy atom. The molecule has 1 saturated heterocycles. The average molecular weight is 503 g/mol. The molecule has 1 aliphatic rings. The van der Waals surface area contributed by atoms with Gasteiger partial charge in [0.15, 0.2) is 18.1 Å². The molecule has 5 amide bonds. The molecule has 0 aliphatic carbocycles. The van der Waals surface area contributed by atoms with Crippen molar-refractivity contribution in [3.05, 3.63) is 89.2 Å². The Morgan fingerprint density at radius 1 is 1.03 bits per heavy atom. The molecule has 0 radical (unpaired) electrons. The molecule has 9 nitrogen and oxygen atoms in total. The number of carbonyl (C=O) groups excluding carboxylic acids is 4. The molecule has 1 heterocycles. The van der Waals surface area contributed by atoms with Crippen molar-refractivity contribution in [2.24, 2.45) is 0 Å². The van der Waals surface area contributed by atoms with Gasteiger partial charge in [-0.15, -0.1) is 0 Å². The predicted molar refractivity (Wildman–Crippen MR) is 134 cm³/mol. The summed E-state index contributed by atoms with van der Waals surface area (Å²) in [5.41, 5.74) is 1.61. The monoisotopic (exact) mass is 503 g/mol. The molecule has 0 saturated carbocycles. The second-order valence-corrected chi connectivity index (χ2v) is 8.02. The summed E-state index contributed by atoms with van der Waals surface area (Å²) >= 11 is 0. The Kier molecular flexibility index (Phi) is 7.28. The highest BCUT2D eigenvalue weighted by Crippen LogP contribution is 2.33. The first-order valence-corrected chi connectivity index (χ1v) is 11.1. The molecule has 188 valence electrons. The van der Waals surface area contributed by atoms with Crippen LogP contribution in [0.3, 0.4) is 0 Å². The lowest BCUT2D eigenvalue weighted by molar-refractivity contribution is -0.122. The van der Waals surface area contributed by atoms with Gasteiger partial charge in [-0.25, -0.2) is 14.1 Å². The molecule has 0 aromatic heterocycles. The Labute approximate surface area is 211 Å². The zero-order valence-corrected chi connectivity index (χ0v) is 19.9. The van der Waals surface area contributed by atoms with Crippen LogP contribution >= 0.6 is 0 Å².